The molecule has 2 heterocycles. The fourth-order valence-electron chi connectivity index (χ4n) is 3.09. The van der Waals surface area contributed by atoms with Gasteiger partial charge in [-0.25, -0.2) is 4.39 Å². The molecule has 32 heavy (non-hydrogen) atoms. The Kier molecular flexibility index (Phi) is 6.73. The number of hydrogen-bond acceptors (Lipinski definition) is 4. The highest BCUT2D eigenvalue weighted by molar-refractivity contribution is 5.94. The maximum Gasteiger partial charge on any atom is 0.416 e. The first kappa shape index (κ1) is 23.1. The van der Waals surface area contributed by atoms with Crippen molar-refractivity contribution in [3.8, 4) is 0 Å². The van der Waals surface area contributed by atoms with Crippen molar-refractivity contribution in [3.63, 3.8) is 0 Å². The Labute approximate surface area is 180 Å². The normalized spacial score (nSPS) is 13.4. The third kappa shape index (κ3) is 5.38. The van der Waals surface area contributed by atoms with Crippen LogP contribution in [0.15, 0.2) is 65.7 Å². The van der Waals surface area contributed by atoms with Crippen LogP contribution in [0.3, 0.4) is 0 Å². The molecule has 168 valence electrons. The zero-order valence-electron chi connectivity index (χ0n) is 16.8. The number of nitrogens with one attached hydrogen (secondary N) is 1. The van der Waals surface area contributed by atoms with Crippen LogP contribution in [0.2, 0.25) is 0 Å². The molecule has 2 N–H and O–H groups in total. The van der Waals surface area contributed by atoms with Gasteiger partial charge in [0.1, 0.15) is 11.5 Å². The molecule has 3 aromatic rings. The number of alkyl halides is 3. The summed E-state index contributed by atoms with van der Waals surface area (Å²) < 4.78 is 54.3. The molecule has 2 aromatic heterocycles. The number of rotatable bonds is 6. The summed E-state index contributed by atoms with van der Waals surface area (Å²) in [6.07, 6.45) is -2.85. The van der Waals surface area contributed by atoms with E-state index in [1.807, 2.05) is 0 Å². The number of nitrogens with zero attached hydrogens (tertiary/aromatic N) is 2. The highest BCUT2D eigenvalue weighted by Crippen LogP contribution is 2.31. The Morgan fingerprint density at radius 1 is 1.16 bits per heavy atom. The molecule has 2 atom stereocenters. The molecule has 6 nitrogen and oxygen atoms in total. The van der Waals surface area contributed by atoms with Crippen LogP contribution in [-0.2, 0) is 12.7 Å². The third-order valence-electron chi connectivity index (χ3n) is 4.61. The van der Waals surface area contributed by atoms with E-state index in [2.05, 4.69) is 10.3 Å². The quantitative estimate of drug-likeness (QED) is 0.566. The molecule has 10 heteroatoms. The predicted molar refractivity (Wildman–Crippen MR) is 107 cm³/mol. The van der Waals surface area contributed by atoms with Crippen LogP contribution < -0.4 is 10.9 Å². The molecule has 0 fully saturated rings. The summed E-state index contributed by atoms with van der Waals surface area (Å²) in [5.74, 6) is -1.46. The highest BCUT2D eigenvalue weighted by Gasteiger charge is 2.31. The first-order valence-electron chi connectivity index (χ1n) is 9.53. The zero-order chi connectivity index (χ0) is 23.5. The topological polar surface area (TPSA) is 84.2 Å². The van der Waals surface area contributed by atoms with Crippen LogP contribution >= 0.6 is 0 Å². The lowest BCUT2D eigenvalue weighted by Gasteiger charge is -2.20. The van der Waals surface area contributed by atoms with Crippen molar-refractivity contribution in [1.82, 2.24) is 14.9 Å². The van der Waals surface area contributed by atoms with E-state index < -0.39 is 41.2 Å². The number of aliphatic hydroxyl groups is 1. The van der Waals surface area contributed by atoms with Gasteiger partial charge in [-0.1, -0.05) is 12.1 Å². The summed E-state index contributed by atoms with van der Waals surface area (Å²) in [5.41, 5.74) is -1.28. The van der Waals surface area contributed by atoms with Gasteiger partial charge in [0, 0.05) is 18.5 Å². The number of carbonyl (C=O) groups is 1. The van der Waals surface area contributed by atoms with Crippen molar-refractivity contribution in [1.29, 1.82) is 0 Å². The number of amides is 1. The monoisotopic (exact) mass is 449 g/mol. The molecule has 1 amide bonds. The van der Waals surface area contributed by atoms with Gasteiger partial charge in [-0.3, -0.25) is 14.6 Å². The largest absolute Gasteiger partial charge is 0.416 e. The van der Waals surface area contributed by atoms with Gasteiger partial charge in [0.2, 0.25) is 0 Å². The molecule has 0 saturated carbocycles. The third-order valence-corrected chi connectivity index (χ3v) is 4.61. The van der Waals surface area contributed by atoms with E-state index in [4.69, 9.17) is 0 Å². The van der Waals surface area contributed by atoms with Gasteiger partial charge in [-0.15, -0.1) is 0 Å². The van der Waals surface area contributed by atoms with Crippen molar-refractivity contribution < 1.29 is 27.5 Å². The Morgan fingerprint density at radius 3 is 2.44 bits per heavy atom. The standard InChI is InChI=1S/C22H19F4N3O3/c1-13(30)11-29-12-15(6-9-18(29)31)21(32)28-19(20-17(23)3-2-10-27-20)14-4-7-16(8-5-14)22(24,25)26/h2-10,12-13,19,30H,11H2,1H3,(H,28,32)/t13-,19+/m1/s1. The van der Waals surface area contributed by atoms with E-state index in [-0.39, 0.29) is 23.4 Å². The first-order valence-corrected chi connectivity index (χ1v) is 9.53. The Balaban J connectivity index is 1.98. The van der Waals surface area contributed by atoms with Gasteiger partial charge in [0.05, 0.1) is 29.8 Å². The highest BCUT2D eigenvalue weighted by atomic mass is 19.4. The molecule has 0 spiro atoms. The fraction of sp³-hybridized carbons (Fsp3) is 0.227. The molecule has 0 unspecified atom stereocenters. The maximum atomic E-state index is 14.4. The molecule has 1 aromatic carbocycles. The van der Waals surface area contributed by atoms with E-state index in [0.717, 1.165) is 41.0 Å². The second kappa shape index (κ2) is 9.31. The van der Waals surface area contributed by atoms with Gasteiger partial charge in [-0.05, 0) is 42.8 Å². The summed E-state index contributed by atoms with van der Waals surface area (Å²) >= 11 is 0. The lowest BCUT2D eigenvalue weighted by Crippen LogP contribution is -2.32. The van der Waals surface area contributed by atoms with Gasteiger partial charge in [0.15, 0.2) is 0 Å². The van der Waals surface area contributed by atoms with Crippen molar-refractivity contribution >= 4 is 5.91 Å². The first-order chi connectivity index (χ1) is 15.1. The molecular weight excluding hydrogens is 430 g/mol. The average Bonchev–Trinajstić information content (AvgIpc) is 2.73. The number of halogens is 4. The zero-order valence-corrected chi connectivity index (χ0v) is 16.8. The fourth-order valence-corrected chi connectivity index (χ4v) is 3.09. The number of pyridine rings is 2. The average molecular weight is 449 g/mol. The maximum absolute atomic E-state index is 14.4. The van der Waals surface area contributed by atoms with Gasteiger partial charge in [-0.2, -0.15) is 13.2 Å². The van der Waals surface area contributed by atoms with E-state index in [1.54, 1.807) is 0 Å². The number of aromatic nitrogens is 2. The molecule has 0 radical (unpaired) electrons. The summed E-state index contributed by atoms with van der Waals surface area (Å²) in [4.78, 5) is 28.7. The molecule has 3 rings (SSSR count). The van der Waals surface area contributed by atoms with Crippen LogP contribution in [-0.4, -0.2) is 26.7 Å². The van der Waals surface area contributed by atoms with Crippen molar-refractivity contribution in [2.75, 3.05) is 0 Å². The summed E-state index contributed by atoms with van der Waals surface area (Å²) in [6, 6.07) is 7.61. The summed E-state index contributed by atoms with van der Waals surface area (Å²) in [6.45, 7) is 1.43. The number of carbonyl (C=O) groups excluding carboxylic acids is 1. The van der Waals surface area contributed by atoms with Crippen LogP contribution in [0.25, 0.3) is 0 Å². The van der Waals surface area contributed by atoms with Crippen molar-refractivity contribution in [3.05, 3.63) is 99.5 Å². The number of aliphatic hydroxyl groups excluding tert-OH is 1. The molecule has 0 aliphatic rings. The minimum atomic E-state index is -4.55. The Morgan fingerprint density at radius 2 is 1.84 bits per heavy atom. The van der Waals surface area contributed by atoms with Crippen LogP contribution in [0.1, 0.15) is 40.1 Å². The number of benzene rings is 1. The second-order valence-electron chi connectivity index (χ2n) is 7.15. The SMILES string of the molecule is C[C@@H](O)Cn1cc(C(=O)N[C@@H](c2ccc(C(F)(F)F)cc2)c2ncccc2F)ccc1=O. The Hall–Kier alpha value is -3.53. The molecule has 0 bridgehead atoms. The lowest BCUT2D eigenvalue weighted by atomic mass is 10.0. The van der Waals surface area contributed by atoms with E-state index in [0.29, 0.717) is 0 Å². The van der Waals surface area contributed by atoms with E-state index >= 15 is 0 Å². The summed E-state index contributed by atoms with van der Waals surface area (Å²) in [5, 5.41) is 12.1. The molecule has 0 saturated heterocycles. The van der Waals surface area contributed by atoms with Gasteiger partial charge >= 0.3 is 6.18 Å². The molecular formula is C22H19F4N3O3. The van der Waals surface area contributed by atoms with Crippen molar-refractivity contribution in [2.45, 2.75) is 31.8 Å². The van der Waals surface area contributed by atoms with Gasteiger partial charge in [0.25, 0.3) is 11.5 Å². The smallest absolute Gasteiger partial charge is 0.392 e. The number of hydrogen-bond donors (Lipinski definition) is 2. The van der Waals surface area contributed by atoms with E-state index in [1.165, 1.54) is 31.5 Å². The second-order valence-corrected chi connectivity index (χ2v) is 7.15. The molecule has 0 aliphatic heterocycles. The molecule has 0 aliphatic carbocycles. The Bertz CT molecular complexity index is 1160. The van der Waals surface area contributed by atoms with Crippen LogP contribution in [0, 0.1) is 5.82 Å². The van der Waals surface area contributed by atoms with Crippen LogP contribution in [0.5, 0.6) is 0 Å². The van der Waals surface area contributed by atoms with Crippen molar-refractivity contribution in [2.24, 2.45) is 0 Å². The minimum Gasteiger partial charge on any atom is -0.392 e. The van der Waals surface area contributed by atoms with Gasteiger partial charge < -0.3 is 15.0 Å². The minimum absolute atomic E-state index is 0.0403. The predicted octanol–water partition coefficient (Wildman–Crippen LogP) is 3.30. The lowest BCUT2D eigenvalue weighted by molar-refractivity contribution is -0.137. The van der Waals surface area contributed by atoms with Crippen LogP contribution in [0.4, 0.5) is 17.6 Å². The summed E-state index contributed by atoms with van der Waals surface area (Å²) in [7, 11) is 0. The van der Waals surface area contributed by atoms with E-state index in [9.17, 15) is 32.3 Å².